The van der Waals surface area contributed by atoms with Crippen molar-refractivity contribution < 1.29 is 23.9 Å². The fourth-order valence-corrected chi connectivity index (χ4v) is 3.62. The quantitative estimate of drug-likeness (QED) is 0.454. The van der Waals surface area contributed by atoms with Crippen LogP contribution in [0.2, 0.25) is 5.02 Å². The first-order chi connectivity index (χ1) is 16.4. The first kappa shape index (κ1) is 25.5. The zero-order valence-corrected chi connectivity index (χ0v) is 20.3. The number of hydrogen-bond acceptors (Lipinski definition) is 5. The number of carbonyl (C=O) groups is 3. The average Bonchev–Trinajstić information content (AvgIpc) is 3.24. The second kappa shape index (κ2) is 12.4. The maximum Gasteiger partial charge on any atom is 0.254 e. The van der Waals surface area contributed by atoms with E-state index < -0.39 is 0 Å². The van der Waals surface area contributed by atoms with Gasteiger partial charge < -0.3 is 19.3 Å². The van der Waals surface area contributed by atoms with Crippen LogP contribution in [0.3, 0.4) is 0 Å². The van der Waals surface area contributed by atoms with Gasteiger partial charge in [0.25, 0.3) is 5.91 Å². The van der Waals surface area contributed by atoms with E-state index in [1.54, 1.807) is 48.5 Å². The van der Waals surface area contributed by atoms with Crippen LogP contribution < -0.4 is 9.64 Å². The molecule has 1 heterocycles. The number of amides is 3. The molecule has 3 rings (SSSR count). The largest absolute Gasteiger partial charge is 0.494 e. The summed E-state index contributed by atoms with van der Waals surface area (Å²) in [6.07, 6.45) is 2.00. The van der Waals surface area contributed by atoms with Crippen LogP contribution in [0, 0.1) is 0 Å². The molecule has 34 heavy (non-hydrogen) atoms. The summed E-state index contributed by atoms with van der Waals surface area (Å²) >= 11 is 5.93. The molecule has 0 aromatic heterocycles. The second-order valence-corrected chi connectivity index (χ2v) is 8.41. The van der Waals surface area contributed by atoms with Crippen LogP contribution in [0.4, 0.5) is 5.69 Å². The van der Waals surface area contributed by atoms with Crippen LogP contribution in [0.25, 0.3) is 0 Å². The molecule has 0 atom stereocenters. The molecule has 1 aliphatic rings. The number of benzene rings is 2. The van der Waals surface area contributed by atoms with Crippen molar-refractivity contribution in [2.75, 3.05) is 51.5 Å². The van der Waals surface area contributed by atoms with Crippen molar-refractivity contribution in [1.82, 2.24) is 9.80 Å². The van der Waals surface area contributed by atoms with Crippen molar-refractivity contribution in [1.29, 1.82) is 0 Å². The number of ether oxygens (including phenoxy) is 2. The van der Waals surface area contributed by atoms with Crippen molar-refractivity contribution in [2.24, 2.45) is 0 Å². The minimum absolute atomic E-state index is 0.0441. The molecule has 8 nitrogen and oxygen atoms in total. The molecule has 0 bridgehead atoms. The summed E-state index contributed by atoms with van der Waals surface area (Å²) in [6.45, 7) is 3.17. The molecule has 1 aliphatic heterocycles. The van der Waals surface area contributed by atoms with Crippen molar-refractivity contribution in [3.8, 4) is 5.75 Å². The number of unbranched alkanes of at least 4 members (excludes halogenated alkanes) is 1. The van der Waals surface area contributed by atoms with Crippen LogP contribution in [-0.4, -0.2) is 74.1 Å². The third-order valence-corrected chi connectivity index (χ3v) is 5.73. The van der Waals surface area contributed by atoms with Crippen molar-refractivity contribution in [3.05, 3.63) is 59.1 Å². The highest BCUT2D eigenvalue weighted by molar-refractivity contribution is 6.30. The summed E-state index contributed by atoms with van der Waals surface area (Å²) in [4.78, 5) is 43.0. The molecule has 0 spiro atoms. The number of rotatable bonds is 11. The Morgan fingerprint density at radius 1 is 1.06 bits per heavy atom. The Morgan fingerprint density at radius 2 is 1.76 bits per heavy atom. The predicted octanol–water partition coefficient (Wildman–Crippen LogP) is 3.44. The Morgan fingerprint density at radius 3 is 2.41 bits per heavy atom. The van der Waals surface area contributed by atoms with E-state index >= 15 is 0 Å². The van der Waals surface area contributed by atoms with E-state index in [-0.39, 0.29) is 50.6 Å². The number of hydrogen-bond donors (Lipinski definition) is 0. The number of halogens is 1. The number of nitrogens with zero attached hydrogens (tertiary/aromatic N) is 3. The van der Waals surface area contributed by atoms with Crippen LogP contribution >= 0.6 is 11.6 Å². The van der Waals surface area contributed by atoms with E-state index in [4.69, 9.17) is 21.1 Å². The molecule has 1 fully saturated rings. The van der Waals surface area contributed by atoms with Crippen molar-refractivity contribution in [2.45, 2.75) is 19.8 Å². The van der Waals surface area contributed by atoms with Gasteiger partial charge in [-0.2, -0.15) is 0 Å². The Labute approximate surface area is 205 Å². The standard InChI is InChI=1S/C25H30ClN3O5/c1-3-4-14-34-22-11-5-19(6-12-22)25(32)27(13-15-33-2)16-23(30)28-17-24(31)29(18-28)21-9-7-20(26)8-10-21/h5-12H,3-4,13-18H2,1-2H3. The molecule has 9 heteroatoms. The van der Waals surface area contributed by atoms with Gasteiger partial charge in [-0.05, 0) is 55.0 Å². The molecule has 3 amide bonds. The van der Waals surface area contributed by atoms with Gasteiger partial charge in [-0.3, -0.25) is 19.3 Å². The van der Waals surface area contributed by atoms with Crippen molar-refractivity contribution >= 4 is 35.0 Å². The highest BCUT2D eigenvalue weighted by Gasteiger charge is 2.33. The molecular weight excluding hydrogens is 458 g/mol. The lowest BCUT2D eigenvalue weighted by molar-refractivity contribution is -0.132. The maximum absolute atomic E-state index is 13.1. The Bertz CT molecular complexity index is 981. The first-order valence-corrected chi connectivity index (χ1v) is 11.7. The average molecular weight is 488 g/mol. The fourth-order valence-electron chi connectivity index (χ4n) is 3.49. The Balaban J connectivity index is 1.64. The normalized spacial score (nSPS) is 13.3. The third kappa shape index (κ3) is 6.71. The van der Waals surface area contributed by atoms with E-state index in [9.17, 15) is 14.4 Å². The van der Waals surface area contributed by atoms with Gasteiger partial charge in [-0.1, -0.05) is 24.9 Å². The van der Waals surface area contributed by atoms with Gasteiger partial charge in [-0.15, -0.1) is 0 Å². The van der Waals surface area contributed by atoms with Gasteiger partial charge >= 0.3 is 0 Å². The zero-order chi connectivity index (χ0) is 24.5. The third-order valence-electron chi connectivity index (χ3n) is 5.48. The predicted molar refractivity (Wildman–Crippen MR) is 130 cm³/mol. The molecule has 2 aromatic carbocycles. The first-order valence-electron chi connectivity index (χ1n) is 11.3. The minimum Gasteiger partial charge on any atom is -0.494 e. The molecule has 0 N–H and O–H groups in total. The monoisotopic (exact) mass is 487 g/mol. The molecule has 2 aromatic rings. The van der Waals surface area contributed by atoms with Crippen LogP contribution in [0.1, 0.15) is 30.1 Å². The van der Waals surface area contributed by atoms with Gasteiger partial charge in [0.2, 0.25) is 11.8 Å². The summed E-state index contributed by atoms with van der Waals surface area (Å²) in [7, 11) is 1.54. The topological polar surface area (TPSA) is 79.4 Å². The van der Waals surface area contributed by atoms with Gasteiger partial charge in [0, 0.05) is 29.9 Å². The summed E-state index contributed by atoms with van der Waals surface area (Å²) in [5.74, 6) is -0.0918. The summed E-state index contributed by atoms with van der Waals surface area (Å²) in [5.41, 5.74) is 1.12. The molecule has 0 unspecified atom stereocenters. The summed E-state index contributed by atoms with van der Waals surface area (Å²) in [6, 6.07) is 13.7. The lowest BCUT2D eigenvalue weighted by Crippen LogP contribution is -2.44. The number of anilines is 1. The van der Waals surface area contributed by atoms with E-state index in [1.807, 2.05) is 0 Å². The fraction of sp³-hybridized carbons (Fsp3) is 0.400. The maximum atomic E-state index is 13.1. The van der Waals surface area contributed by atoms with E-state index in [0.29, 0.717) is 28.6 Å². The molecular formula is C25H30ClN3O5. The van der Waals surface area contributed by atoms with E-state index in [2.05, 4.69) is 6.92 Å². The van der Waals surface area contributed by atoms with Gasteiger partial charge in [0.15, 0.2) is 0 Å². The Kier molecular flexibility index (Phi) is 9.30. The molecule has 1 saturated heterocycles. The summed E-state index contributed by atoms with van der Waals surface area (Å²) < 4.78 is 10.8. The highest BCUT2D eigenvalue weighted by atomic mass is 35.5. The molecule has 182 valence electrons. The van der Waals surface area contributed by atoms with E-state index in [0.717, 1.165) is 12.8 Å². The second-order valence-electron chi connectivity index (χ2n) is 7.98. The van der Waals surface area contributed by atoms with Gasteiger partial charge in [0.1, 0.15) is 25.5 Å². The highest BCUT2D eigenvalue weighted by Crippen LogP contribution is 2.22. The number of methoxy groups -OCH3 is 1. The lowest BCUT2D eigenvalue weighted by atomic mass is 10.2. The van der Waals surface area contributed by atoms with Gasteiger partial charge in [-0.25, -0.2) is 0 Å². The van der Waals surface area contributed by atoms with Crippen LogP contribution in [-0.2, 0) is 14.3 Å². The van der Waals surface area contributed by atoms with Crippen LogP contribution in [0.5, 0.6) is 5.75 Å². The summed E-state index contributed by atoms with van der Waals surface area (Å²) in [5, 5.41) is 0.566. The molecule has 0 saturated carbocycles. The van der Waals surface area contributed by atoms with Crippen molar-refractivity contribution in [3.63, 3.8) is 0 Å². The Hall–Kier alpha value is -3.10. The zero-order valence-electron chi connectivity index (χ0n) is 19.5. The van der Waals surface area contributed by atoms with Crippen LogP contribution in [0.15, 0.2) is 48.5 Å². The molecule has 0 aliphatic carbocycles. The van der Waals surface area contributed by atoms with E-state index in [1.165, 1.54) is 21.8 Å². The molecule has 0 radical (unpaired) electrons. The SMILES string of the molecule is CCCCOc1ccc(C(=O)N(CCOC)CC(=O)N2CC(=O)N(c3ccc(Cl)cc3)C2)cc1. The van der Waals surface area contributed by atoms with Gasteiger partial charge in [0.05, 0.1) is 13.2 Å². The smallest absolute Gasteiger partial charge is 0.254 e. The number of carbonyl (C=O) groups excluding carboxylic acids is 3. The minimum atomic E-state index is -0.311. The lowest BCUT2D eigenvalue weighted by Gasteiger charge is -2.25.